The van der Waals surface area contributed by atoms with Crippen molar-refractivity contribution in [1.29, 1.82) is 0 Å². The van der Waals surface area contributed by atoms with Crippen LogP contribution in [-0.4, -0.2) is 31.9 Å². The molecule has 5 heteroatoms. The van der Waals surface area contributed by atoms with Crippen LogP contribution in [0.15, 0.2) is 24.3 Å². The quantitative estimate of drug-likeness (QED) is 0.925. The zero-order valence-electron chi connectivity index (χ0n) is 12.3. The molecule has 1 heterocycles. The number of carbonyl (C=O) groups is 1. The minimum absolute atomic E-state index is 0.00134. The third-order valence-electron chi connectivity index (χ3n) is 4.78. The molecule has 0 aromatic heterocycles. The van der Waals surface area contributed by atoms with Crippen LogP contribution in [0, 0.1) is 6.92 Å². The topological polar surface area (TPSA) is 63.2 Å². The Bertz CT molecular complexity index is 662. The number of nitrogens with one attached hydrogen (secondary N) is 1. The lowest BCUT2D eigenvalue weighted by Gasteiger charge is -2.41. The summed E-state index contributed by atoms with van der Waals surface area (Å²) in [5, 5.41) is 2.98. The second kappa shape index (κ2) is 5.13. The van der Waals surface area contributed by atoms with Gasteiger partial charge in [0.1, 0.15) is 0 Å². The van der Waals surface area contributed by atoms with Gasteiger partial charge in [0.2, 0.25) is 5.91 Å². The van der Waals surface area contributed by atoms with Crippen molar-refractivity contribution >= 4 is 15.7 Å². The molecule has 114 valence electrons. The molecule has 0 unspecified atom stereocenters. The molecule has 1 aromatic carbocycles. The number of benzene rings is 1. The lowest BCUT2D eigenvalue weighted by Crippen LogP contribution is -2.52. The van der Waals surface area contributed by atoms with Crippen LogP contribution in [0.3, 0.4) is 0 Å². The van der Waals surface area contributed by atoms with Crippen LogP contribution >= 0.6 is 0 Å². The first kappa shape index (κ1) is 14.6. The SMILES string of the molecule is Cc1cccc(C2(C(=O)N[C@@H]3CCS(=O)(=O)C3)CCC2)c1. The molecular weight excluding hydrogens is 286 g/mol. The smallest absolute Gasteiger partial charge is 0.230 e. The van der Waals surface area contributed by atoms with Crippen LogP contribution in [0.5, 0.6) is 0 Å². The Kier molecular flexibility index (Phi) is 3.56. The highest BCUT2D eigenvalue weighted by atomic mass is 32.2. The minimum Gasteiger partial charge on any atom is -0.352 e. The zero-order valence-corrected chi connectivity index (χ0v) is 13.1. The van der Waals surface area contributed by atoms with E-state index in [0.29, 0.717) is 6.42 Å². The van der Waals surface area contributed by atoms with Crippen LogP contribution in [-0.2, 0) is 20.0 Å². The van der Waals surface area contributed by atoms with E-state index in [0.717, 1.165) is 30.4 Å². The van der Waals surface area contributed by atoms with Crippen molar-refractivity contribution in [1.82, 2.24) is 5.32 Å². The van der Waals surface area contributed by atoms with Gasteiger partial charge in [0.05, 0.1) is 16.9 Å². The van der Waals surface area contributed by atoms with Gasteiger partial charge in [0.15, 0.2) is 9.84 Å². The van der Waals surface area contributed by atoms with Crippen molar-refractivity contribution in [3.05, 3.63) is 35.4 Å². The Morgan fingerprint density at radius 1 is 1.33 bits per heavy atom. The Labute approximate surface area is 125 Å². The van der Waals surface area contributed by atoms with Gasteiger partial charge in [-0.25, -0.2) is 8.42 Å². The first-order chi connectivity index (χ1) is 9.91. The Morgan fingerprint density at radius 3 is 2.62 bits per heavy atom. The van der Waals surface area contributed by atoms with Crippen LogP contribution in [0.1, 0.15) is 36.8 Å². The molecule has 1 aromatic rings. The van der Waals surface area contributed by atoms with E-state index in [1.54, 1.807) is 0 Å². The van der Waals surface area contributed by atoms with E-state index in [9.17, 15) is 13.2 Å². The van der Waals surface area contributed by atoms with Crippen LogP contribution in [0.25, 0.3) is 0 Å². The second-order valence-electron chi connectivity index (χ2n) is 6.38. The molecule has 4 nitrogen and oxygen atoms in total. The first-order valence-electron chi connectivity index (χ1n) is 7.50. The van der Waals surface area contributed by atoms with Gasteiger partial charge < -0.3 is 5.32 Å². The standard InChI is InChI=1S/C16H21NO3S/c1-12-4-2-5-13(10-12)16(7-3-8-16)15(18)17-14-6-9-21(19,20)11-14/h2,4-5,10,14H,3,6-9,11H2,1H3,(H,17,18)/t14-/m1/s1. The summed E-state index contributed by atoms with van der Waals surface area (Å²) in [6, 6.07) is 7.88. The Morgan fingerprint density at radius 2 is 2.10 bits per heavy atom. The summed E-state index contributed by atoms with van der Waals surface area (Å²) in [6.45, 7) is 2.03. The number of amides is 1. The molecule has 1 saturated heterocycles. The number of aryl methyl sites for hydroxylation is 1. The monoisotopic (exact) mass is 307 g/mol. The summed E-state index contributed by atoms with van der Waals surface area (Å²) in [6.07, 6.45) is 3.28. The lowest BCUT2D eigenvalue weighted by atomic mass is 9.63. The Hall–Kier alpha value is -1.36. The van der Waals surface area contributed by atoms with E-state index in [4.69, 9.17) is 0 Å². The highest BCUT2D eigenvalue weighted by Crippen LogP contribution is 2.44. The predicted molar refractivity (Wildman–Crippen MR) is 81.9 cm³/mol. The summed E-state index contributed by atoms with van der Waals surface area (Å²) in [5.41, 5.74) is 1.76. The van der Waals surface area contributed by atoms with Crippen LogP contribution < -0.4 is 5.32 Å². The predicted octanol–water partition coefficient (Wildman–Crippen LogP) is 1.72. The van der Waals surface area contributed by atoms with Crippen molar-refractivity contribution in [2.45, 2.75) is 44.1 Å². The van der Waals surface area contributed by atoms with E-state index >= 15 is 0 Å². The van der Waals surface area contributed by atoms with Crippen molar-refractivity contribution < 1.29 is 13.2 Å². The maximum atomic E-state index is 12.7. The molecule has 1 amide bonds. The fourth-order valence-electron chi connectivity index (χ4n) is 3.35. The highest BCUT2D eigenvalue weighted by Gasteiger charge is 2.46. The molecule has 0 bridgehead atoms. The van der Waals surface area contributed by atoms with E-state index in [1.807, 2.05) is 25.1 Å². The summed E-state index contributed by atoms with van der Waals surface area (Å²) >= 11 is 0. The molecule has 2 fully saturated rings. The average molecular weight is 307 g/mol. The van der Waals surface area contributed by atoms with Gasteiger partial charge in [-0.2, -0.15) is 0 Å². The molecule has 21 heavy (non-hydrogen) atoms. The number of hydrogen-bond donors (Lipinski definition) is 1. The van der Waals surface area contributed by atoms with Crippen LogP contribution in [0.4, 0.5) is 0 Å². The maximum Gasteiger partial charge on any atom is 0.230 e. The van der Waals surface area contributed by atoms with E-state index in [2.05, 4.69) is 11.4 Å². The minimum atomic E-state index is -2.96. The zero-order chi connectivity index (χ0) is 15.1. The van der Waals surface area contributed by atoms with Gasteiger partial charge in [0, 0.05) is 6.04 Å². The highest BCUT2D eigenvalue weighted by molar-refractivity contribution is 7.91. The molecule has 0 radical (unpaired) electrons. The Balaban J connectivity index is 1.78. The fourth-order valence-corrected chi connectivity index (χ4v) is 5.03. The molecule has 1 aliphatic heterocycles. The molecule has 3 rings (SSSR count). The summed E-state index contributed by atoms with van der Waals surface area (Å²) < 4.78 is 23.0. The van der Waals surface area contributed by atoms with E-state index in [1.165, 1.54) is 0 Å². The molecule has 0 spiro atoms. The average Bonchev–Trinajstić information content (AvgIpc) is 2.67. The van der Waals surface area contributed by atoms with Crippen molar-refractivity contribution in [3.8, 4) is 0 Å². The van der Waals surface area contributed by atoms with Crippen molar-refractivity contribution in [2.75, 3.05) is 11.5 Å². The fraction of sp³-hybridized carbons (Fsp3) is 0.562. The van der Waals surface area contributed by atoms with E-state index in [-0.39, 0.29) is 23.5 Å². The van der Waals surface area contributed by atoms with Gasteiger partial charge in [0.25, 0.3) is 0 Å². The lowest BCUT2D eigenvalue weighted by molar-refractivity contribution is -0.130. The number of rotatable bonds is 3. The van der Waals surface area contributed by atoms with Crippen molar-refractivity contribution in [2.24, 2.45) is 0 Å². The summed E-state index contributed by atoms with van der Waals surface area (Å²) in [4.78, 5) is 12.7. The molecule has 1 saturated carbocycles. The molecule has 1 N–H and O–H groups in total. The van der Waals surface area contributed by atoms with Gasteiger partial charge in [-0.1, -0.05) is 36.2 Å². The van der Waals surface area contributed by atoms with Gasteiger partial charge >= 0.3 is 0 Å². The third-order valence-corrected chi connectivity index (χ3v) is 6.55. The summed E-state index contributed by atoms with van der Waals surface area (Å²) in [5.74, 6) is 0.277. The largest absolute Gasteiger partial charge is 0.352 e. The molecule has 2 aliphatic rings. The third kappa shape index (κ3) is 2.71. The van der Waals surface area contributed by atoms with Gasteiger partial charge in [-0.15, -0.1) is 0 Å². The molecular formula is C16H21NO3S. The summed E-state index contributed by atoms with van der Waals surface area (Å²) in [7, 11) is -2.96. The van der Waals surface area contributed by atoms with Gasteiger partial charge in [-0.3, -0.25) is 4.79 Å². The van der Waals surface area contributed by atoms with E-state index < -0.39 is 15.3 Å². The normalized spacial score (nSPS) is 26.0. The molecule has 1 atom stereocenters. The molecule has 1 aliphatic carbocycles. The maximum absolute atomic E-state index is 12.7. The second-order valence-corrected chi connectivity index (χ2v) is 8.61. The number of hydrogen-bond acceptors (Lipinski definition) is 3. The van der Waals surface area contributed by atoms with Gasteiger partial charge in [-0.05, 0) is 31.7 Å². The van der Waals surface area contributed by atoms with Crippen LogP contribution in [0.2, 0.25) is 0 Å². The number of sulfone groups is 1. The number of carbonyl (C=O) groups excluding carboxylic acids is 1. The van der Waals surface area contributed by atoms with Crippen molar-refractivity contribution in [3.63, 3.8) is 0 Å². The first-order valence-corrected chi connectivity index (χ1v) is 9.32.